The highest BCUT2D eigenvalue weighted by molar-refractivity contribution is 5.93. The van der Waals surface area contributed by atoms with Crippen molar-refractivity contribution in [3.63, 3.8) is 0 Å². The van der Waals surface area contributed by atoms with Gasteiger partial charge in [0.2, 0.25) is 5.91 Å². The Morgan fingerprint density at radius 2 is 1.75 bits per heavy atom. The van der Waals surface area contributed by atoms with Crippen LogP contribution < -0.4 is 5.32 Å². The van der Waals surface area contributed by atoms with E-state index in [9.17, 15) is 18.4 Å². The Kier molecular flexibility index (Phi) is 7.63. The Hall–Kier alpha value is -2.78. The summed E-state index contributed by atoms with van der Waals surface area (Å²) >= 11 is 0. The Balaban J connectivity index is 1.60. The number of ether oxygens (including phenoxy) is 1. The minimum absolute atomic E-state index is 0.0295. The average Bonchev–Trinajstić information content (AvgIpc) is 2.90. The van der Waals surface area contributed by atoms with Crippen LogP contribution in [0.4, 0.5) is 14.5 Å². The summed E-state index contributed by atoms with van der Waals surface area (Å²) in [7, 11) is 3.33. The molecule has 7 nitrogen and oxygen atoms in total. The van der Waals surface area contributed by atoms with Gasteiger partial charge in [-0.05, 0) is 45.5 Å². The molecule has 0 unspecified atom stereocenters. The molecule has 3 rings (SSSR count). The number of benzene rings is 1. The smallest absolute Gasteiger partial charge is 0.340 e. The van der Waals surface area contributed by atoms with Gasteiger partial charge in [0.1, 0.15) is 11.6 Å². The first-order chi connectivity index (χ1) is 15.2. The number of carbonyl (C=O) groups excluding carboxylic acids is 2. The van der Waals surface area contributed by atoms with Crippen molar-refractivity contribution < 1.29 is 23.1 Å². The molecule has 1 amide bonds. The molecule has 1 aliphatic rings. The molecule has 1 fully saturated rings. The number of hydrogen-bond acceptors (Lipinski definition) is 5. The third kappa shape index (κ3) is 5.34. The molecule has 1 aromatic carbocycles. The molecule has 32 heavy (non-hydrogen) atoms. The Bertz CT molecular complexity index is 1010. The van der Waals surface area contributed by atoms with Crippen molar-refractivity contribution in [1.29, 1.82) is 0 Å². The third-order valence-corrected chi connectivity index (χ3v) is 6.13. The first-order valence-electron chi connectivity index (χ1n) is 10.6. The fourth-order valence-electron chi connectivity index (χ4n) is 4.14. The second-order valence-electron chi connectivity index (χ2n) is 8.15. The number of halogens is 2. The molecule has 1 saturated heterocycles. The number of esters is 1. The number of rotatable bonds is 6. The molecule has 1 aliphatic heterocycles. The molecule has 0 spiro atoms. The van der Waals surface area contributed by atoms with Crippen LogP contribution in [-0.2, 0) is 23.1 Å². The van der Waals surface area contributed by atoms with Gasteiger partial charge >= 0.3 is 5.97 Å². The summed E-state index contributed by atoms with van der Waals surface area (Å²) in [4.78, 5) is 29.0. The Morgan fingerprint density at radius 3 is 2.44 bits per heavy atom. The first-order valence-corrected chi connectivity index (χ1v) is 10.6. The molecule has 2 heterocycles. The standard InChI is InChI=1S/C23H30F2N4O3/c1-15-18(22(23(31)32-4)16(2)27(15)3)13-28-8-5-9-29(11-10-28)14-21(30)26-20-7-6-17(24)12-19(20)25/h6-7,12H,5,8-11,13-14H2,1-4H3,(H,26,30). The molecule has 1 N–H and O–H groups in total. The van der Waals surface area contributed by atoms with Crippen LogP contribution in [-0.4, -0.2) is 66.1 Å². The maximum atomic E-state index is 13.8. The van der Waals surface area contributed by atoms with E-state index >= 15 is 0 Å². The number of aromatic nitrogens is 1. The lowest BCUT2D eigenvalue weighted by molar-refractivity contribution is -0.117. The van der Waals surface area contributed by atoms with E-state index in [-0.39, 0.29) is 24.1 Å². The zero-order chi connectivity index (χ0) is 23.4. The van der Waals surface area contributed by atoms with E-state index in [1.807, 2.05) is 30.4 Å². The van der Waals surface area contributed by atoms with Crippen molar-refractivity contribution in [3.05, 3.63) is 52.3 Å². The first kappa shape index (κ1) is 23.9. The van der Waals surface area contributed by atoms with Crippen molar-refractivity contribution in [2.24, 2.45) is 7.05 Å². The average molecular weight is 449 g/mol. The van der Waals surface area contributed by atoms with E-state index in [4.69, 9.17) is 4.74 Å². The van der Waals surface area contributed by atoms with Crippen LogP contribution in [0.2, 0.25) is 0 Å². The summed E-state index contributed by atoms with van der Waals surface area (Å²) in [6, 6.07) is 3.07. The fourth-order valence-corrected chi connectivity index (χ4v) is 4.14. The van der Waals surface area contributed by atoms with Crippen LogP contribution in [0.1, 0.15) is 33.7 Å². The summed E-state index contributed by atoms with van der Waals surface area (Å²) in [6.45, 7) is 7.61. The van der Waals surface area contributed by atoms with Crippen LogP contribution in [0.3, 0.4) is 0 Å². The van der Waals surface area contributed by atoms with Gasteiger partial charge in [-0.3, -0.25) is 14.6 Å². The predicted molar refractivity (Wildman–Crippen MR) is 118 cm³/mol. The van der Waals surface area contributed by atoms with E-state index in [1.54, 1.807) is 0 Å². The molecule has 1 aromatic heterocycles. The van der Waals surface area contributed by atoms with Gasteiger partial charge < -0.3 is 14.6 Å². The molecule has 0 atom stereocenters. The van der Waals surface area contributed by atoms with E-state index < -0.39 is 11.6 Å². The van der Waals surface area contributed by atoms with Crippen molar-refractivity contribution in [2.75, 3.05) is 45.2 Å². The van der Waals surface area contributed by atoms with Crippen LogP contribution in [0.25, 0.3) is 0 Å². The van der Waals surface area contributed by atoms with Crippen molar-refractivity contribution in [3.8, 4) is 0 Å². The third-order valence-electron chi connectivity index (χ3n) is 6.13. The monoisotopic (exact) mass is 448 g/mol. The van der Waals surface area contributed by atoms with Crippen LogP contribution >= 0.6 is 0 Å². The SMILES string of the molecule is COC(=O)c1c(CN2CCCN(CC(=O)Nc3ccc(F)cc3F)CC2)c(C)n(C)c1C. The lowest BCUT2D eigenvalue weighted by atomic mass is 10.1. The number of anilines is 1. The van der Waals surface area contributed by atoms with Crippen LogP contribution in [0, 0.1) is 25.5 Å². The van der Waals surface area contributed by atoms with Gasteiger partial charge in [0.05, 0.1) is 24.9 Å². The van der Waals surface area contributed by atoms with Crippen LogP contribution in [0.5, 0.6) is 0 Å². The summed E-state index contributed by atoms with van der Waals surface area (Å²) in [5, 5.41) is 2.51. The molecular formula is C23H30F2N4O3. The van der Waals surface area contributed by atoms with Crippen molar-refractivity contribution in [2.45, 2.75) is 26.8 Å². The van der Waals surface area contributed by atoms with Gasteiger partial charge in [0.15, 0.2) is 0 Å². The largest absolute Gasteiger partial charge is 0.465 e. The van der Waals surface area contributed by atoms with Crippen molar-refractivity contribution in [1.82, 2.24) is 14.4 Å². The second kappa shape index (κ2) is 10.2. The molecule has 9 heteroatoms. The molecule has 0 aliphatic carbocycles. The van der Waals surface area contributed by atoms with Gasteiger partial charge in [-0.1, -0.05) is 0 Å². The number of amides is 1. The fraction of sp³-hybridized carbons (Fsp3) is 0.478. The number of carbonyl (C=O) groups is 2. The van der Waals surface area contributed by atoms with Crippen LogP contribution in [0.15, 0.2) is 18.2 Å². The number of hydrogen-bond donors (Lipinski definition) is 1. The molecule has 0 radical (unpaired) electrons. The molecule has 0 saturated carbocycles. The van der Waals surface area contributed by atoms with Gasteiger partial charge in [-0.2, -0.15) is 0 Å². The predicted octanol–water partition coefficient (Wildman–Crippen LogP) is 2.85. The van der Waals surface area contributed by atoms with Gasteiger partial charge in [-0.25, -0.2) is 13.6 Å². The van der Waals surface area contributed by atoms with Gasteiger partial charge in [0, 0.05) is 49.7 Å². The maximum Gasteiger partial charge on any atom is 0.340 e. The highest BCUT2D eigenvalue weighted by atomic mass is 19.1. The molecule has 174 valence electrons. The maximum absolute atomic E-state index is 13.8. The lowest BCUT2D eigenvalue weighted by Gasteiger charge is -2.22. The zero-order valence-corrected chi connectivity index (χ0v) is 19.0. The quantitative estimate of drug-likeness (QED) is 0.689. The van der Waals surface area contributed by atoms with Crippen molar-refractivity contribution >= 4 is 17.6 Å². The van der Waals surface area contributed by atoms with Gasteiger partial charge in [0.25, 0.3) is 0 Å². The lowest BCUT2D eigenvalue weighted by Crippen LogP contribution is -2.36. The summed E-state index contributed by atoms with van der Waals surface area (Å²) in [5.74, 6) is -2.16. The summed E-state index contributed by atoms with van der Waals surface area (Å²) in [5.41, 5.74) is 3.47. The number of methoxy groups -OCH3 is 1. The van der Waals surface area contributed by atoms with E-state index in [1.165, 1.54) is 13.2 Å². The molecular weight excluding hydrogens is 418 g/mol. The number of nitrogens with one attached hydrogen (secondary N) is 1. The number of nitrogens with zero attached hydrogens (tertiary/aromatic N) is 3. The minimum Gasteiger partial charge on any atom is -0.465 e. The normalized spacial score (nSPS) is 15.4. The minimum atomic E-state index is -0.796. The topological polar surface area (TPSA) is 66.8 Å². The Morgan fingerprint density at radius 1 is 1.06 bits per heavy atom. The van der Waals surface area contributed by atoms with Gasteiger partial charge in [-0.15, -0.1) is 0 Å². The zero-order valence-electron chi connectivity index (χ0n) is 19.0. The molecule has 2 aromatic rings. The van der Waals surface area contributed by atoms with E-state index in [0.29, 0.717) is 18.7 Å². The highest BCUT2D eigenvalue weighted by Crippen LogP contribution is 2.24. The highest BCUT2D eigenvalue weighted by Gasteiger charge is 2.25. The molecule has 0 bridgehead atoms. The Labute approximate surface area is 186 Å². The second-order valence-corrected chi connectivity index (χ2v) is 8.15. The van der Waals surface area contributed by atoms with E-state index in [0.717, 1.165) is 55.1 Å². The summed E-state index contributed by atoms with van der Waals surface area (Å²) < 4.78 is 33.8. The van der Waals surface area contributed by atoms with E-state index in [2.05, 4.69) is 10.2 Å². The summed E-state index contributed by atoms with van der Waals surface area (Å²) in [6.07, 6.45) is 0.858.